The van der Waals surface area contributed by atoms with Gasteiger partial charge in [-0.05, 0) is 37.0 Å². The van der Waals surface area contributed by atoms with Gasteiger partial charge >= 0.3 is 5.97 Å². The number of thiazole rings is 1. The zero-order valence-corrected chi connectivity index (χ0v) is 11.8. The van der Waals surface area contributed by atoms with Gasteiger partial charge in [-0.15, -0.1) is 11.3 Å². The van der Waals surface area contributed by atoms with E-state index in [1.807, 2.05) is 17.1 Å². The highest BCUT2D eigenvalue weighted by atomic mass is 32.2. The summed E-state index contributed by atoms with van der Waals surface area (Å²) in [6.45, 7) is 0. The number of aliphatic carboxylic acids is 1. The largest absolute Gasteiger partial charge is 0.481 e. The zero-order chi connectivity index (χ0) is 12.5. The number of thioether (sulfide) groups is 1. The first-order valence-corrected chi connectivity index (χ1v) is 8.36. The van der Waals surface area contributed by atoms with Gasteiger partial charge in [0.15, 0.2) is 0 Å². The minimum absolute atomic E-state index is 0.0468. The summed E-state index contributed by atoms with van der Waals surface area (Å²) in [6.07, 6.45) is 5.79. The van der Waals surface area contributed by atoms with E-state index < -0.39 is 5.97 Å². The van der Waals surface area contributed by atoms with Gasteiger partial charge in [-0.2, -0.15) is 0 Å². The predicted molar refractivity (Wildman–Crippen MR) is 73.1 cm³/mol. The highest BCUT2D eigenvalue weighted by Crippen LogP contribution is 2.49. The summed E-state index contributed by atoms with van der Waals surface area (Å²) >= 11 is 3.40. The Bertz CT molecular complexity index is 446. The van der Waals surface area contributed by atoms with Gasteiger partial charge in [-0.3, -0.25) is 4.79 Å². The first kappa shape index (κ1) is 12.5. The maximum atomic E-state index is 10.6. The van der Waals surface area contributed by atoms with Crippen LogP contribution in [-0.2, 0) is 11.2 Å². The third-order valence-electron chi connectivity index (χ3n) is 4.17. The Labute approximate surface area is 115 Å². The van der Waals surface area contributed by atoms with E-state index in [0.717, 1.165) is 22.1 Å². The molecule has 1 N–H and O–H groups in total. The second-order valence-corrected chi connectivity index (χ2v) is 7.55. The number of carbonyl (C=O) groups is 1. The van der Waals surface area contributed by atoms with Crippen molar-refractivity contribution < 1.29 is 9.90 Å². The molecule has 2 fully saturated rings. The molecule has 2 saturated carbocycles. The Balaban J connectivity index is 1.51. The van der Waals surface area contributed by atoms with Gasteiger partial charge in [0.1, 0.15) is 4.34 Å². The Morgan fingerprint density at radius 2 is 2.39 bits per heavy atom. The molecule has 18 heavy (non-hydrogen) atoms. The number of nitrogens with zero attached hydrogens (tertiary/aromatic N) is 1. The summed E-state index contributed by atoms with van der Waals surface area (Å²) in [5.74, 6) is 3.20. The van der Waals surface area contributed by atoms with Crippen molar-refractivity contribution in [3.05, 3.63) is 11.1 Å². The molecule has 0 radical (unpaired) electrons. The van der Waals surface area contributed by atoms with Gasteiger partial charge in [0.05, 0.1) is 12.1 Å². The van der Waals surface area contributed by atoms with Gasteiger partial charge < -0.3 is 5.11 Å². The van der Waals surface area contributed by atoms with E-state index in [1.54, 1.807) is 11.3 Å². The molecule has 1 aromatic rings. The van der Waals surface area contributed by atoms with E-state index in [9.17, 15) is 4.79 Å². The van der Waals surface area contributed by atoms with Crippen LogP contribution in [0.2, 0.25) is 0 Å². The molecule has 0 amide bonds. The number of rotatable bonds is 5. The highest BCUT2D eigenvalue weighted by molar-refractivity contribution is 8.01. The molecule has 0 spiro atoms. The second kappa shape index (κ2) is 5.21. The van der Waals surface area contributed by atoms with Crippen LogP contribution in [0.15, 0.2) is 9.72 Å². The van der Waals surface area contributed by atoms with Gasteiger partial charge in [0, 0.05) is 11.1 Å². The predicted octanol–water partition coefficient (Wildman–Crippen LogP) is 3.30. The fourth-order valence-electron chi connectivity index (χ4n) is 3.35. The molecule has 3 atom stereocenters. The first-order chi connectivity index (χ1) is 8.70. The summed E-state index contributed by atoms with van der Waals surface area (Å²) in [5.41, 5.74) is 0.697. The van der Waals surface area contributed by atoms with Crippen molar-refractivity contribution in [2.75, 3.05) is 5.75 Å². The van der Waals surface area contributed by atoms with Crippen molar-refractivity contribution in [2.45, 2.75) is 36.4 Å². The molecule has 5 heteroatoms. The molecule has 3 unspecified atom stereocenters. The molecular weight excluding hydrogens is 266 g/mol. The number of carboxylic acids is 1. The normalized spacial score (nSPS) is 29.9. The van der Waals surface area contributed by atoms with Crippen LogP contribution in [0.5, 0.6) is 0 Å². The molecule has 3 nitrogen and oxygen atoms in total. The molecule has 2 bridgehead atoms. The molecule has 0 aliphatic heterocycles. The second-order valence-electron chi connectivity index (χ2n) is 5.42. The number of fused-ring (bicyclic) bond motifs is 2. The van der Waals surface area contributed by atoms with Crippen LogP contribution in [0.3, 0.4) is 0 Å². The van der Waals surface area contributed by atoms with Crippen LogP contribution in [0, 0.1) is 17.8 Å². The average molecular weight is 283 g/mol. The lowest BCUT2D eigenvalue weighted by Crippen LogP contribution is -2.12. The fourth-order valence-corrected chi connectivity index (χ4v) is 5.46. The van der Waals surface area contributed by atoms with Crippen LogP contribution in [-0.4, -0.2) is 21.8 Å². The summed E-state index contributed by atoms with van der Waals surface area (Å²) < 4.78 is 1.04. The van der Waals surface area contributed by atoms with Crippen molar-refractivity contribution in [3.8, 4) is 0 Å². The SMILES string of the molecule is O=C(O)Cc1csc(SCC2CC3CCC2C3)n1. The van der Waals surface area contributed by atoms with Crippen LogP contribution < -0.4 is 0 Å². The average Bonchev–Trinajstić information content (AvgIpc) is 3.00. The number of aromatic nitrogens is 1. The van der Waals surface area contributed by atoms with Crippen molar-refractivity contribution in [3.63, 3.8) is 0 Å². The highest BCUT2D eigenvalue weighted by Gasteiger charge is 2.39. The Morgan fingerprint density at radius 3 is 3.06 bits per heavy atom. The Morgan fingerprint density at radius 1 is 1.50 bits per heavy atom. The molecule has 0 saturated heterocycles. The summed E-state index contributed by atoms with van der Waals surface area (Å²) in [6, 6.07) is 0. The van der Waals surface area contributed by atoms with Gasteiger partial charge in [-0.25, -0.2) is 4.98 Å². The number of carboxylic acid groups (broad SMARTS) is 1. The summed E-state index contributed by atoms with van der Waals surface area (Å²) in [5, 5.41) is 10.6. The quantitative estimate of drug-likeness (QED) is 0.842. The third-order valence-corrected chi connectivity index (χ3v) is 6.43. The Kier molecular flexibility index (Phi) is 3.61. The van der Waals surface area contributed by atoms with E-state index in [0.29, 0.717) is 5.69 Å². The standard InChI is InChI=1S/C13H17NO2S2/c15-12(16)5-11-7-18-13(14-11)17-6-10-4-8-1-2-9(10)3-8/h7-10H,1-6H2,(H,15,16). The Hall–Kier alpha value is -0.550. The van der Waals surface area contributed by atoms with Crippen molar-refractivity contribution >= 4 is 29.1 Å². The van der Waals surface area contributed by atoms with E-state index >= 15 is 0 Å². The minimum atomic E-state index is -0.801. The first-order valence-electron chi connectivity index (χ1n) is 6.49. The lowest BCUT2D eigenvalue weighted by molar-refractivity contribution is -0.136. The number of hydrogen-bond acceptors (Lipinski definition) is 4. The molecule has 2 aliphatic carbocycles. The van der Waals surface area contributed by atoms with E-state index in [2.05, 4.69) is 4.98 Å². The monoisotopic (exact) mass is 283 g/mol. The lowest BCUT2D eigenvalue weighted by atomic mass is 9.90. The van der Waals surface area contributed by atoms with Crippen molar-refractivity contribution in [2.24, 2.45) is 17.8 Å². The summed E-state index contributed by atoms with van der Waals surface area (Å²) in [7, 11) is 0. The molecule has 1 heterocycles. The maximum Gasteiger partial charge on any atom is 0.309 e. The van der Waals surface area contributed by atoms with E-state index in [-0.39, 0.29) is 6.42 Å². The number of hydrogen-bond donors (Lipinski definition) is 1. The molecule has 1 aromatic heterocycles. The van der Waals surface area contributed by atoms with Gasteiger partial charge in [0.25, 0.3) is 0 Å². The maximum absolute atomic E-state index is 10.6. The lowest BCUT2D eigenvalue weighted by Gasteiger charge is -2.20. The van der Waals surface area contributed by atoms with Crippen molar-refractivity contribution in [1.29, 1.82) is 0 Å². The molecule has 3 rings (SSSR count). The van der Waals surface area contributed by atoms with Crippen LogP contribution in [0.25, 0.3) is 0 Å². The molecular formula is C13H17NO2S2. The van der Waals surface area contributed by atoms with Crippen LogP contribution in [0.4, 0.5) is 0 Å². The van der Waals surface area contributed by atoms with Gasteiger partial charge in [0.2, 0.25) is 0 Å². The van der Waals surface area contributed by atoms with Crippen LogP contribution >= 0.6 is 23.1 Å². The topological polar surface area (TPSA) is 50.2 Å². The molecule has 2 aliphatic rings. The fraction of sp³-hybridized carbons (Fsp3) is 0.692. The molecule has 98 valence electrons. The minimum Gasteiger partial charge on any atom is -0.481 e. The van der Waals surface area contributed by atoms with Crippen molar-refractivity contribution in [1.82, 2.24) is 4.98 Å². The van der Waals surface area contributed by atoms with E-state index in [1.165, 1.54) is 31.4 Å². The van der Waals surface area contributed by atoms with Crippen LogP contribution in [0.1, 0.15) is 31.4 Å². The third kappa shape index (κ3) is 2.72. The van der Waals surface area contributed by atoms with Gasteiger partial charge in [-0.1, -0.05) is 18.2 Å². The zero-order valence-electron chi connectivity index (χ0n) is 10.2. The molecule has 0 aromatic carbocycles. The smallest absolute Gasteiger partial charge is 0.309 e. The summed E-state index contributed by atoms with van der Waals surface area (Å²) in [4.78, 5) is 15.0. The van der Waals surface area contributed by atoms with E-state index in [4.69, 9.17) is 5.11 Å².